The number of nitrogens with zero attached hydrogens (tertiary/aromatic N) is 1. The highest BCUT2D eigenvalue weighted by Crippen LogP contribution is 2.13. The minimum Gasteiger partial charge on any atom is -0.361 e. The molecule has 1 N–H and O–H groups in total. The molecule has 0 atom stereocenters. The molecule has 0 saturated heterocycles. The number of sulfonamides is 1. The van der Waals surface area contributed by atoms with E-state index in [1.165, 1.54) is 0 Å². The van der Waals surface area contributed by atoms with Crippen molar-refractivity contribution in [3.8, 4) is 0 Å². The van der Waals surface area contributed by atoms with Gasteiger partial charge in [-0.15, -0.1) is 0 Å². The Hall–Kier alpha value is -1.66. The molecule has 5 nitrogen and oxygen atoms in total. The van der Waals surface area contributed by atoms with Gasteiger partial charge in [0, 0.05) is 12.1 Å². The highest BCUT2D eigenvalue weighted by Gasteiger charge is 2.14. The lowest BCUT2D eigenvalue weighted by Crippen LogP contribution is -2.26. The molecule has 0 fully saturated rings. The van der Waals surface area contributed by atoms with Crippen molar-refractivity contribution in [2.75, 3.05) is 6.54 Å². The number of aryl methyl sites for hydroxylation is 2. The van der Waals surface area contributed by atoms with E-state index in [0.29, 0.717) is 13.0 Å². The smallest absolute Gasteiger partial charge is 0.240 e. The lowest BCUT2D eigenvalue weighted by molar-refractivity contribution is 0.392. The average molecular weight is 280 g/mol. The van der Waals surface area contributed by atoms with Crippen molar-refractivity contribution in [3.63, 3.8) is 0 Å². The first-order valence-corrected chi connectivity index (χ1v) is 7.45. The van der Waals surface area contributed by atoms with Crippen molar-refractivity contribution < 1.29 is 12.9 Å². The molecule has 0 aliphatic heterocycles. The molecule has 0 aliphatic rings. The minimum atomic E-state index is -3.44. The predicted octanol–water partition coefficient (Wildman–Crippen LogP) is 1.81. The van der Waals surface area contributed by atoms with Crippen LogP contribution >= 0.6 is 0 Å². The Morgan fingerprint density at radius 3 is 2.47 bits per heavy atom. The Labute approximate surface area is 112 Å². The second-order valence-electron chi connectivity index (χ2n) is 4.26. The summed E-state index contributed by atoms with van der Waals surface area (Å²) in [6.45, 7) is 3.98. The predicted molar refractivity (Wildman–Crippen MR) is 71.3 cm³/mol. The Bertz CT molecular complexity index is 628. The van der Waals surface area contributed by atoms with E-state index in [2.05, 4.69) is 9.88 Å². The topological polar surface area (TPSA) is 72.2 Å². The summed E-state index contributed by atoms with van der Waals surface area (Å²) >= 11 is 0. The molecular formula is C13H16N2O3S. The van der Waals surface area contributed by atoms with E-state index in [1.54, 1.807) is 30.3 Å². The molecule has 19 heavy (non-hydrogen) atoms. The first-order valence-electron chi connectivity index (χ1n) is 5.97. The highest BCUT2D eigenvalue weighted by atomic mass is 32.2. The van der Waals surface area contributed by atoms with E-state index in [4.69, 9.17) is 4.52 Å². The maximum Gasteiger partial charge on any atom is 0.240 e. The molecule has 1 heterocycles. The Morgan fingerprint density at radius 1 is 1.21 bits per heavy atom. The summed E-state index contributed by atoms with van der Waals surface area (Å²) in [6.07, 6.45) is 0.563. The van der Waals surface area contributed by atoms with Gasteiger partial charge in [-0.3, -0.25) is 0 Å². The van der Waals surface area contributed by atoms with Gasteiger partial charge in [-0.05, 0) is 32.4 Å². The van der Waals surface area contributed by atoms with E-state index < -0.39 is 10.0 Å². The molecule has 0 aliphatic carbocycles. The van der Waals surface area contributed by atoms with Crippen LogP contribution in [0.3, 0.4) is 0 Å². The van der Waals surface area contributed by atoms with Gasteiger partial charge in [0.15, 0.2) is 0 Å². The summed E-state index contributed by atoms with van der Waals surface area (Å²) in [5.41, 5.74) is 1.76. The fraction of sp³-hybridized carbons (Fsp3) is 0.308. The Kier molecular flexibility index (Phi) is 4.01. The monoisotopic (exact) mass is 280 g/mol. The van der Waals surface area contributed by atoms with Crippen LogP contribution in [-0.2, 0) is 16.4 Å². The van der Waals surface area contributed by atoms with E-state index in [-0.39, 0.29) is 4.90 Å². The van der Waals surface area contributed by atoms with Crippen LogP contribution in [0.5, 0.6) is 0 Å². The highest BCUT2D eigenvalue weighted by molar-refractivity contribution is 7.89. The second-order valence-corrected chi connectivity index (χ2v) is 6.03. The summed E-state index contributed by atoms with van der Waals surface area (Å²) in [5, 5.41) is 3.84. The lowest BCUT2D eigenvalue weighted by Gasteiger charge is -2.06. The standard InChI is InChI=1S/C13H16N2O3S/c1-10-13(11(2)18-15-10)8-9-14-19(16,17)12-6-4-3-5-7-12/h3-7,14H,8-9H2,1-2H3. The van der Waals surface area contributed by atoms with Gasteiger partial charge in [-0.2, -0.15) is 0 Å². The molecule has 0 unspecified atom stereocenters. The van der Waals surface area contributed by atoms with Crippen molar-refractivity contribution in [2.24, 2.45) is 0 Å². The summed E-state index contributed by atoms with van der Waals surface area (Å²) in [7, 11) is -3.44. The first-order chi connectivity index (χ1) is 9.00. The number of nitrogens with one attached hydrogen (secondary N) is 1. The van der Waals surface area contributed by atoms with Gasteiger partial charge in [0.2, 0.25) is 10.0 Å². The van der Waals surface area contributed by atoms with E-state index in [9.17, 15) is 8.42 Å². The molecule has 6 heteroatoms. The Balaban J connectivity index is 2.00. The van der Waals surface area contributed by atoms with Gasteiger partial charge in [-0.1, -0.05) is 23.4 Å². The molecule has 0 bridgehead atoms. The third kappa shape index (κ3) is 3.21. The van der Waals surface area contributed by atoms with Crippen LogP contribution in [0.4, 0.5) is 0 Å². The third-order valence-corrected chi connectivity index (χ3v) is 4.38. The SMILES string of the molecule is Cc1noc(C)c1CCNS(=O)(=O)c1ccccc1. The van der Waals surface area contributed by atoms with Crippen molar-refractivity contribution >= 4 is 10.0 Å². The van der Waals surface area contributed by atoms with E-state index >= 15 is 0 Å². The zero-order valence-electron chi connectivity index (χ0n) is 10.9. The zero-order chi connectivity index (χ0) is 13.9. The zero-order valence-corrected chi connectivity index (χ0v) is 11.7. The van der Waals surface area contributed by atoms with Gasteiger partial charge in [0.05, 0.1) is 10.6 Å². The van der Waals surface area contributed by atoms with Crippen LogP contribution < -0.4 is 4.72 Å². The van der Waals surface area contributed by atoms with E-state index in [0.717, 1.165) is 17.0 Å². The van der Waals surface area contributed by atoms with Crippen LogP contribution in [-0.4, -0.2) is 20.1 Å². The summed E-state index contributed by atoms with van der Waals surface area (Å²) < 4.78 is 31.6. The van der Waals surface area contributed by atoms with Crippen molar-refractivity contribution in [3.05, 3.63) is 47.3 Å². The average Bonchev–Trinajstić information content (AvgIpc) is 2.71. The fourth-order valence-electron chi connectivity index (χ4n) is 1.85. The number of aromatic nitrogens is 1. The lowest BCUT2D eigenvalue weighted by atomic mass is 10.1. The van der Waals surface area contributed by atoms with Crippen molar-refractivity contribution in [1.29, 1.82) is 0 Å². The van der Waals surface area contributed by atoms with Crippen LogP contribution in [0.25, 0.3) is 0 Å². The Morgan fingerprint density at radius 2 is 1.89 bits per heavy atom. The fourth-order valence-corrected chi connectivity index (χ4v) is 2.91. The van der Waals surface area contributed by atoms with Gasteiger partial charge in [0.1, 0.15) is 5.76 Å². The molecule has 1 aromatic carbocycles. The molecule has 0 amide bonds. The molecule has 0 saturated carbocycles. The largest absolute Gasteiger partial charge is 0.361 e. The summed E-state index contributed by atoms with van der Waals surface area (Å²) in [5.74, 6) is 0.733. The molecular weight excluding hydrogens is 264 g/mol. The number of rotatable bonds is 5. The summed E-state index contributed by atoms with van der Waals surface area (Å²) in [4.78, 5) is 0.272. The van der Waals surface area contributed by atoms with Crippen molar-refractivity contribution in [2.45, 2.75) is 25.2 Å². The summed E-state index contributed by atoms with van der Waals surface area (Å²) in [6, 6.07) is 8.31. The maximum absolute atomic E-state index is 12.0. The van der Waals surface area contributed by atoms with Gasteiger partial charge < -0.3 is 4.52 Å². The maximum atomic E-state index is 12.0. The molecule has 2 aromatic rings. The quantitative estimate of drug-likeness (QED) is 0.906. The van der Waals surface area contributed by atoms with Crippen LogP contribution in [0.2, 0.25) is 0 Å². The molecule has 0 spiro atoms. The number of hydrogen-bond donors (Lipinski definition) is 1. The third-order valence-electron chi connectivity index (χ3n) is 2.90. The van der Waals surface area contributed by atoms with E-state index in [1.807, 2.05) is 13.8 Å². The van der Waals surface area contributed by atoms with Crippen LogP contribution in [0.1, 0.15) is 17.0 Å². The van der Waals surface area contributed by atoms with Gasteiger partial charge in [0.25, 0.3) is 0 Å². The molecule has 102 valence electrons. The molecule has 0 radical (unpaired) electrons. The molecule has 1 aromatic heterocycles. The molecule has 2 rings (SSSR count). The number of hydrogen-bond acceptors (Lipinski definition) is 4. The normalized spacial score (nSPS) is 11.7. The van der Waals surface area contributed by atoms with Gasteiger partial charge in [-0.25, -0.2) is 13.1 Å². The van der Waals surface area contributed by atoms with Gasteiger partial charge >= 0.3 is 0 Å². The van der Waals surface area contributed by atoms with Crippen LogP contribution in [0, 0.1) is 13.8 Å². The van der Waals surface area contributed by atoms with Crippen molar-refractivity contribution in [1.82, 2.24) is 9.88 Å². The number of benzene rings is 1. The second kappa shape index (κ2) is 5.54. The minimum absolute atomic E-state index is 0.272. The first kappa shape index (κ1) is 13.8. The van der Waals surface area contributed by atoms with Crippen LogP contribution in [0.15, 0.2) is 39.8 Å².